The standard InChI is InChI=1S/C64H100O5/c1-6-9-12-15-18-21-24-27-30-33-48-65-60-51-58(43-42-56-38-36-55(37-39-56)40-41-57-44-46-59(47-45-57)63-68-53-64(4,5)54-69-63)52-61(66-49-34-31-28-25-22-19-16-13-10-7-2)62(60)67-50-35-32-29-26-23-20-17-14-11-8-3/h36-47,51-52,63H,6-35,48-50,53-54H2,1-5H3/b41-40+,43-42+. The molecule has 4 rings (SSSR count). The fourth-order valence-electron chi connectivity index (χ4n) is 9.11. The van der Waals surface area contributed by atoms with Gasteiger partial charge in [0.1, 0.15) is 0 Å². The molecule has 0 spiro atoms. The maximum atomic E-state index is 6.68. The monoisotopic (exact) mass is 949 g/mol. The minimum absolute atomic E-state index is 0.0611. The zero-order chi connectivity index (χ0) is 48.9. The second-order valence-corrected chi connectivity index (χ2v) is 21.1. The van der Waals surface area contributed by atoms with E-state index < -0.39 is 0 Å². The third kappa shape index (κ3) is 26.5. The molecular weight excluding hydrogens is 849 g/mol. The number of hydrogen-bond donors (Lipinski definition) is 0. The Morgan fingerprint density at radius 1 is 0.391 bits per heavy atom. The number of ether oxygens (including phenoxy) is 5. The zero-order valence-electron chi connectivity index (χ0n) is 45.0. The van der Waals surface area contributed by atoms with Crippen LogP contribution in [-0.4, -0.2) is 33.0 Å². The van der Waals surface area contributed by atoms with Crippen molar-refractivity contribution in [3.8, 4) is 17.2 Å². The SMILES string of the molecule is CCCCCCCCCCCCOc1cc(/C=C/c2ccc(/C=C/c3ccc(C4OCC(C)(C)CO4)cc3)cc2)cc(OCCCCCCCCCCCC)c1OCCCCCCCCCCCC. The minimum atomic E-state index is -0.288. The molecule has 0 saturated carbocycles. The predicted molar refractivity (Wildman–Crippen MR) is 298 cm³/mol. The van der Waals surface area contributed by atoms with Crippen molar-refractivity contribution in [3.05, 3.63) is 88.5 Å². The van der Waals surface area contributed by atoms with Gasteiger partial charge in [-0.05, 0) is 53.6 Å². The van der Waals surface area contributed by atoms with Crippen molar-refractivity contribution in [3.63, 3.8) is 0 Å². The summed E-state index contributed by atoms with van der Waals surface area (Å²) in [5, 5.41) is 0. The van der Waals surface area contributed by atoms with Crippen LogP contribution >= 0.6 is 0 Å². The van der Waals surface area contributed by atoms with Gasteiger partial charge in [-0.15, -0.1) is 0 Å². The molecule has 5 nitrogen and oxygen atoms in total. The van der Waals surface area contributed by atoms with Crippen molar-refractivity contribution in [1.82, 2.24) is 0 Å². The summed E-state index contributed by atoms with van der Waals surface area (Å²) < 4.78 is 32.0. The van der Waals surface area contributed by atoms with Crippen LogP contribution in [0.3, 0.4) is 0 Å². The Kier molecular flexibility index (Phi) is 31.3. The topological polar surface area (TPSA) is 46.2 Å². The molecule has 0 unspecified atom stereocenters. The Morgan fingerprint density at radius 3 is 1.03 bits per heavy atom. The van der Waals surface area contributed by atoms with Crippen molar-refractivity contribution in [2.24, 2.45) is 5.41 Å². The Labute approximate surface area is 424 Å². The van der Waals surface area contributed by atoms with E-state index in [2.05, 4.69) is 120 Å². The number of benzene rings is 3. The van der Waals surface area contributed by atoms with E-state index in [4.69, 9.17) is 23.7 Å². The van der Waals surface area contributed by atoms with Crippen molar-refractivity contribution in [2.75, 3.05) is 33.0 Å². The third-order valence-corrected chi connectivity index (χ3v) is 13.6. The van der Waals surface area contributed by atoms with Gasteiger partial charge in [0.05, 0.1) is 33.0 Å². The molecule has 0 amide bonds. The van der Waals surface area contributed by atoms with Crippen LogP contribution in [0.15, 0.2) is 60.7 Å². The van der Waals surface area contributed by atoms with E-state index in [1.165, 1.54) is 173 Å². The third-order valence-electron chi connectivity index (χ3n) is 13.6. The van der Waals surface area contributed by atoms with E-state index in [1.54, 1.807) is 0 Å². The second-order valence-electron chi connectivity index (χ2n) is 21.1. The quantitative estimate of drug-likeness (QED) is 0.0419. The number of unbranched alkanes of at least 4 members (excludes halogenated alkanes) is 27. The molecule has 3 aromatic carbocycles. The molecule has 0 N–H and O–H groups in total. The lowest BCUT2D eigenvalue weighted by Crippen LogP contribution is -2.33. The summed E-state index contributed by atoms with van der Waals surface area (Å²) in [5.74, 6) is 2.41. The highest BCUT2D eigenvalue weighted by atomic mass is 16.7. The van der Waals surface area contributed by atoms with Crippen molar-refractivity contribution >= 4 is 24.3 Å². The van der Waals surface area contributed by atoms with Crippen LogP contribution in [-0.2, 0) is 9.47 Å². The van der Waals surface area contributed by atoms with Gasteiger partial charge in [-0.1, -0.05) is 281 Å². The summed E-state index contributed by atoms with van der Waals surface area (Å²) in [4.78, 5) is 0. The average Bonchev–Trinajstić information content (AvgIpc) is 3.36. The summed E-state index contributed by atoms with van der Waals surface area (Å²) in [6.45, 7) is 14.7. The molecule has 386 valence electrons. The maximum absolute atomic E-state index is 6.68. The summed E-state index contributed by atoms with van der Waals surface area (Å²) in [7, 11) is 0. The van der Waals surface area contributed by atoms with Gasteiger partial charge < -0.3 is 23.7 Å². The lowest BCUT2D eigenvalue weighted by molar-refractivity contribution is -0.226. The molecule has 69 heavy (non-hydrogen) atoms. The molecule has 0 bridgehead atoms. The molecule has 1 fully saturated rings. The van der Waals surface area contributed by atoms with E-state index in [9.17, 15) is 0 Å². The van der Waals surface area contributed by atoms with Crippen molar-refractivity contribution in [1.29, 1.82) is 0 Å². The molecule has 1 aliphatic heterocycles. The Morgan fingerprint density at radius 2 is 0.681 bits per heavy atom. The molecule has 0 aliphatic carbocycles. The van der Waals surface area contributed by atoms with Gasteiger partial charge in [-0.3, -0.25) is 0 Å². The fraction of sp³-hybridized carbons (Fsp3) is 0.656. The highest BCUT2D eigenvalue weighted by Gasteiger charge is 2.29. The highest BCUT2D eigenvalue weighted by molar-refractivity contribution is 5.74. The highest BCUT2D eigenvalue weighted by Crippen LogP contribution is 2.40. The smallest absolute Gasteiger partial charge is 0.203 e. The van der Waals surface area contributed by atoms with E-state index in [1.807, 2.05) is 0 Å². The van der Waals surface area contributed by atoms with Crippen LogP contribution in [0, 0.1) is 5.41 Å². The first-order valence-electron chi connectivity index (χ1n) is 28.8. The van der Waals surface area contributed by atoms with Crippen LogP contribution in [0.5, 0.6) is 17.2 Å². The average molecular weight is 949 g/mol. The van der Waals surface area contributed by atoms with E-state index in [0.29, 0.717) is 33.0 Å². The van der Waals surface area contributed by atoms with Gasteiger partial charge in [-0.25, -0.2) is 0 Å². The summed E-state index contributed by atoms with van der Waals surface area (Å²) in [6, 6.07) is 21.6. The van der Waals surface area contributed by atoms with Crippen LogP contribution in [0.25, 0.3) is 24.3 Å². The molecule has 1 aliphatic rings. The zero-order valence-corrected chi connectivity index (χ0v) is 45.0. The van der Waals surface area contributed by atoms with Crippen LogP contribution < -0.4 is 14.2 Å². The predicted octanol–water partition coefficient (Wildman–Crippen LogP) is 20.0. The minimum Gasteiger partial charge on any atom is -0.490 e. The van der Waals surface area contributed by atoms with Crippen LogP contribution in [0.4, 0.5) is 0 Å². The molecular formula is C64H100O5. The molecule has 0 radical (unpaired) electrons. The fourth-order valence-corrected chi connectivity index (χ4v) is 9.11. The van der Waals surface area contributed by atoms with Crippen LogP contribution in [0.2, 0.25) is 0 Å². The molecule has 1 saturated heterocycles. The van der Waals surface area contributed by atoms with E-state index >= 15 is 0 Å². The number of rotatable bonds is 41. The Bertz CT molecular complexity index is 1700. The molecule has 0 aromatic heterocycles. The molecule has 5 heteroatoms. The largest absolute Gasteiger partial charge is 0.490 e. The lowest BCUT2D eigenvalue weighted by Gasteiger charge is -2.34. The van der Waals surface area contributed by atoms with E-state index in [-0.39, 0.29) is 11.7 Å². The first-order valence-corrected chi connectivity index (χ1v) is 28.8. The summed E-state index contributed by atoms with van der Waals surface area (Å²) in [6.07, 6.45) is 47.6. The summed E-state index contributed by atoms with van der Waals surface area (Å²) in [5.41, 5.74) is 5.64. The van der Waals surface area contributed by atoms with Gasteiger partial charge in [0.2, 0.25) is 5.75 Å². The Hall–Kier alpha value is -3.54. The first kappa shape index (κ1) is 58.0. The van der Waals surface area contributed by atoms with Gasteiger partial charge in [-0.2, -0.15) is 0 Å². The van der Waals surface area contributed by atoms with Crippen molar-refractivity contribution < 1.29 is 23.7 Å². The lowest BCUT2D eigenvalue weighted by atomic mass is 9.95. The number of hydrogen-bond acceptors (Lipinski definition) is 5. The normalized spacial score (nSPS) is 14.0. The van der Waals surface area contributed by atoms with Gasteiger partial charge in [0.15, 0.2) is 17.8 Å². The van der Waals surface area contributed by atoms with Crippen LogP contribution in [0.1, 0.15) is 261 Å². The Balaban J connectivity index is 1.40. The molecule has 1 heterocycles. The molecule has 3 aromatic rings. The maximum Gasteiger partial charge on any atom is 0.203 e. The van der Waals surface area contributed by atoms with Gasteiger partial charge in [0.25, 0.3) is 0 Å². The summed E-state index contributed by atoms with van der Waals surface area (Å²) >= 11 is 0. The first-order chi connectivity index (χ1) is 33.9. The molecule has 0 atom stereocenters. The van der Waals surface area contributed by atoms with Crippen molar-refractivity contribution in [2.45, 2.75) is 234 Å². The second kappa shape index (κ2) is 37.3. The van der Waals surface area contributed by atoms with Gasteiger partial charge in [0, 0.05) is 11.0 Å². The van der Waals surface area contributed by atoms with Gasteiger partial charge >= 0.3 is 0 Å². The van der Waals surface area contributed by atoms with E-state index in [0.717, 1.165) is 64.3 Å².